The van der Waals surface area contributed by atoms with Crippen molar-refractivity contribution in [1.29, 1.82) is 0 Å². The lowest BCUT2D eigenvalue weighted by atomic mass is 9.89. The standard InChI is InChI=1S/C16H25NO/c1-12-6-8-15(9-7-12)18-16-13(2)4-3-5-14(16)10-11-17/h3-5,12,15H,6-11,17H2,1-2H3. The fraction of sp³-hybridized carbons (Fsp3) is 0.625. The highest BCUT2D eigenvalue weighted by atomic mass is 16.5. The average Bonchev–Trinajstić information content (AvgIpc) is 2.36. The van der Waals surface area contributed by atoms with Crippen LogP contribution in [0.15, 0.2) is 18.2 Å². The fourth-order valence-electron chi connectivity index (χ4n) is 2.75. The maximum absolute atomic E-state index is 6.26. The van der Waals surface area contributed by atoms with Gasteiger partial charge in [-0.05, 0) is 62.6 Å². The van der Waals surface area contributed by atoms with Crippen LogP contribution in [-0.4, -0.2) is 12.6 Å². The normalized spacial score (nSPS) is 23.9. The van der Waals surface area contributed by atoms with Gasteiger partial charge in [0, 0.05) is 0 Å². The van der Waals surface area contributed by atoms with Crippen LogP contribution in [0.4, 0.5) is 0 Å². The molecule has 0 saturated heterocycles. The zero-order valence-corrected chi connectivity index (χ0v) is 11.6. The maximum Gasteiger partial charge on any atom is 0.125 e. The number of rotatable bonds is 4. The summed E-state index contributed by atoms with van der Waals surface area (Å²) < 4.78 is 6.26. The average molecular weight is 247 g/mol. The minimum absolute atomic E-state index is 0.402. The van der Waals surface area contributed by atoms with E-state index in [0.29, 0.717) is 12.6 Å². The first-order valence-electron chi connectivity index (χ1n) is 7.16. The van der Waals surface area contributed by atoms with Crippen LogP contribution >= 0.6 is 0 Å². The van der Waals surface area contributed by atoms with Gasteiger partial charge in [-0.3, -0.25) is 0 Å². The highest BCUT2D eigenvalue weighted by Gasteiger charge is 2.20. The summed E-state index contributed by atoms with van der Waals surface area (Å²) in [7, 11) is 0. The predicted octanol–water partition coefficient (Wildman–Crippen LogP) is 3.45. The summed E-state index contributed by atoms with van der Waals surface area (Å²) in [6.45, 7) is 5.14. The van der Waals surface area contributed by atoms with Crippen molar-refractivity contribution in [2.75, 3.05) is 6.54 Å². The lowest BCUT2D eigenvalue weighted by molar-refractivity contribution is 0.133. The molecule has 2 N–H and O–H groups in total. The third-order valence-electron chi connectivity index (χ3n) is 3.95. The van der Waals surface area contributed by atoms with Gasteiger partial charge in [0.15, 0.2) is 0 Å². The van der Waals surface area contributed by atoms with Gasteiger partial charge in [-0.2, -0.15) is 0 Å². The van der Waals surface area contributed by atoms with Gasteiger partial charge >= 0.3 is 0 Å². The van der Waals surface area contributed by atoms with Crippen LogP contribution in [0, 0.1) is 12.8 Å². The molecule has 1 aliphatic rings. The molecular weight excluding hydrogens is 222 g/mol. The van der Waals surface area contributed by atoms with Crippen molar-refractivity contribution >= 4 is 0 Å². The van der Waals surface area contributed by atoms with Crippen molar-refractivity contribution in [2.45, 2.75) is 52.1 Å². The third-order valence-corrected chi connectivity index (χ3v) is 3.95. The van der Waals surface area contributed by atoms with E-state index in [1.165, 1.54) is 36.8 Å². The summed E-state index contributed by atoms with van der Waals surface area (Å²) in [5.74, 6) is 1.95. The Kier molecular flexibility index (Phi) is 4.65. The van der Waals surface area contributed by atoms with Gasteiger partial charge in [0.2, 0.25) is 0 Å². The first-order chi connectivity index (χ1) is 8.70. The first-order valence-corrected chi connectivity index (χ1v) is 7.16. The van der Waals surface area contributed by atoms with E-state index in [0.717, 1.165) is 18.1 Å². The van der Waals surface area contributed by atoms with Gasteiger partial charge < -0.3 is 10.5 Å². The number of nitrogens with two attached hydrogens (primary N) is 1. The molecule has 0 heterocycles. The molecular formula is C16H25NO. The predicted molar refractivity (Wildman–Crippen MR) is 76.0 cm³/mol. The number of hydrogen-bond donors (Lipinski definition) is 1. The first kappa shape index (κ1) is 13.4. The van der Waals surface area contributed by atoms with E-state index in [1.54, 1.807) is 0 Å². The lowest BCUT2D eigenvalue weighted by Crippen LogP contribution is -2.24. The molecule has 0 unspecified atom stereocenters. The van der Waals surface area contributed by atoms with Crippen LogP contribution in [0.1, 0.15) is 43.7 Å². The Morgan fingerprint density at radius 1 is 1.22 bits per heavy atom. The molecule has 0 aliphatic heterocycles. The van der Waals surface area contributed by atoms with E-state index in [2.05, 4.69) is 32.0 Å². The quantitative estimate of drug-likeness (QED) is 0.884. The Labute approximate surface area is 111 Å². The van der Waals surface area contributed by atoms with Gasteiger partial charge in [-0.15, -0.1) is 0 Å². The Hall–Kier alpha value is -1.02. The van der Waals surface area contributed by atoms with Crippen molar-refractivity contribution in [3.63, 3.8) is 0 Å². The second kappa shape index (κ2) is 6.24. The van der Waals surface area contributed by atoms with Crippen molar-refractivity contribution < 1.29 is 4.74 Å². The van der Waals surface area contributed by atoms with Crippen LogP contribution in [0.25, 0.3) is 0 Å². The van der Waals surface area contributed by atoms with Crippen LogP contribution < -0.4 is 10.5 Å². The van der Waals surface area contributed by atoms with E-state index in [1.807, 2.05) is 0 Å². The van der Waals surface area contributed by atoms with E-state index in [4.69, 9.17) is 10.5 Å². The van der Waals surface area contributed by atoms with E-state index >= 15 is 0 Å². The van der Waals surface area contributed by atoms with Crippen LogP contribution in [0.2, 0.25) is 0 Å². The molecule has 18 heavy (non-hydrogen) atoms. The summed E-state index contributed by atoms with van der Waals surface area (Å²) in [5, 5.41) is 0. The molecule has 2 nitrogen and oxygen atoms in total. The summed E-state index contributed by atoms with van der Waals surface area (Å²) in [6, 6.07) is 6.36. The number of hydrogen-bond acceptors (Lipinski definition) is 2. The Bertz CT molecular complexity index is 381. The molecule has 100 valence electrons. The summed E-state index contributed by atoms with van der Waals surface area (Å²) in [4.78, 5) is 0. The van der Waals surface area contributed by atoms with Crippen LogP contribution in [0.3, 0.4) is 0 Å². The second-order valence-corrected chi connectivity index (χ2v) is 5.60. The molecule has 0 spiro atoms. The maximum atomic E-state index is 6.26. The Balaban J connectivity index is 2.07. The van der Waals surface area contributed by atoms with Crippen LogP contribution in [-0.2, 0) is 6.42 Å². The summed E-state index contributed by atoms with van der Waals surface area (Å²) >= 11 is 0. The second-order valence-electron chi connectivity index (χ2n) is 5.60. The van der Waals surface area contributed by atoms with Gasteiger partial charge in [-0.25, -0.2) is 0 Å². The Morgan fingerprint density at radius 2 is 1.94 bits per heavy atom. The largest absolute Gasteiger partial charge is 0.490 e. The molecule has 2 rings (SSSR count). The monoisotopic (exact) mass is 247 g/mol. The van der Waals surface area contributed by atoms with Crippen molar-refractivity contribution in [1.82, 2.24) is 0 Å². The summed E-state index contributed by atoms with van der Waals surface area (Å²) in [6.07, 6.45) is 6.28. The number of benzene rings is 1. The highest BCUT2D eigenvalue weighted by Crippen LogP contribution is 2.30. The molecule has 1 aromatic carbocycles. The molecule has 0 atom stereocenters. The minimum atomic E-state index is 0.402. The van der Waals surface area contributed by atoms with Gasteiger partial charge in [-0.1, -0.05) is 25.1 Å². The zero-order valence-electron chi connectivity index (χ0n) is 11.6. The zero-order chi connectivity index (χ0) is 13.0. The van der Waals surface area contributed by atoms with E-state index < -0.39 is 0 Å². The molecule has 2 heteroatoms. The molecule has 0 radical (unpaired) electrons. The van der Waals surface area contributed by atoms with E-state index in [9.17, 15) is 0 Å². The SMILES string of the molecule is Cc1cccc(CCN)c1OC1CCC(C)CC1. The third kappa shape index (κ3) is 3.26. The fourth-order valence-corrected chi connectivity index (χ4v) is 2.75. The van der Waals surface area contributed by atoms with Crippen molar-refractivity contribution in [3.8, 4) is 5.75 Å². The molecule has 1 aromatic rings. The molecule has 0 amide bonds. The molecule has 1 saturated carbocycles. The van der Waals surface area contributed by atoms with E-state index in [-0.39, 0.29) is 0 Å². The van der Waals surface area contributed by atoms with Crippen LogP contribution in [0.5, 0.6) is 5.75 Å². The van der Waals surface area contributed by atoms with Crippen molar-refractivity contribution in [3.05, 3.63) is 29.3 Å². The molecule has 0 aromatic heterocycles. The topological polar surface area (TPSA) is 35.2 Å². The highest BCUT2D eigenvalue weighted by molar-refractivity contribution is 5.41. The van der Waals surface area contributed by atoms with Crippen molar-refractivity contribution in [2.24, 2.45) is 11.7 Å². The molecule has 0 bridgehead atoms. The van der Waals surface area contributed by atoms with Gasteiger partial charge in [0.05, 0.1) is 6.10 Å². The van der Waals surface area contributed by atoms with Gasteiger partial charge in [0.25, 0.3) is 0 Å². The summed E-state index contributed by atoms with van der Waals surface area (Å²) in [5.41, 5.74) is 8.17. The number of ether oxygens (including phenoxy) is 1. The van der Waals surface area contributed by atoms with Gasteiger partial charge in [0.1, 0.15) is 5.75 Å². The molecule has 1 aliphatic carbocycles. The number of para-hydroxylation sites is 1. The lowest BCUT2D eigenvalue weighted by Gasteiger charge is -2.28. The molecule has 1 fully saturated rings. The Morgan fingerprint density at radius 3 is 2.61 bits per heavy atom. The smallest absolute Gasteiger partial charge is 0.125 e. The number of aryl methyl sites for hydroxylation is 1. The minimum Gasteiger partial charge on any atom is -0.490 e.